The van der Waals surface area contributed by atoms with Crippen molar-refractivity contribution in [2.75, 3.05) is 11.5 Å². The van der Waals surface area contributed by atoms with Crippen molar-refractivity contribution in [2.45, 2.75) is 39.2 Å². The third-order valence-electron chi connectivity index (χ3n) is 2.10. The first kappa shape index (κ1) is 16.8. The highest BCUT2D eigenvalue weighted by Gasteiger charge is 2.11. The fourth-order valence-corrected chi connectivity index (χ4v) is 1.95. The van der Waals surface area contributed by atoms with E-state index in [9.17, 15) is 14.4 Å². The van der Waals surface area contributed by atoms with Gasteiger partial charge in [0.25, 0.3) is 0 Å². The van der Waals surface area contributed by atoms with Crippen LogP contribution in [0, 0.1) is 0 Å². The van der Waals surface area contributed by atoms with Crippen LogP contribution in [-0.4, -0.2) is 40.6 Å². The molecule has 0 aliphatic carbocycles. The molecule has 0 aliphatic heterocycles. The summed E-state index contributed by atoms with van der Waals surface area (Å²) in [5, 5.41) is 13.1. The van der Waals surface area contributed by atoms with E-state index >= 15 is 0 Å². The number of carboxylic acid groups (broad SMARTS) is 1. The van der Waals surface area contributed by atoms with Gasteiger partial charge in [-0.2, -0.15) is 11.8 Å². The Bertz CT molecular complexity index is 297. The first-order chi connectivity index (χ1) is 8.45. The van der Waals surface area contributed by atoms with Crippen molar-refractivity contribution >= 4 is 29.7 Å². The molecule has 0 rings (SSSR count). The fourth-order valence-electron chi connectivity index (χ4n) is 1.15. The molecule has 0 aromatic rings. The second-order valence-electron chi connectivity index (χ2n) is 3.80. The summed E-state index contributed by atoms with van der Waals surface area (Å²) in [5.41, 5.74) is 0. The zero-order valence-electron chi connectivity index (χ0n) is 10.7. The average Bonchev–Trinajstić information content (AvgIpc) is 2.26. The minimum atomic E-state index is -1.06. The van der Waals surface area contributed by atoms with Gasteiger partial charge < -0.3 is 10.4 Å². The molecular weight excluding hydrogens is 256 g/mol. The normalized spacial score (nSPS) is 11.7. The summed E-state index contributed by atoms with van der Waals surface area (Å²) in [6, 6.07) is -0.587. The van der Waals surface area contributed by atoms with Crippen LogP contribution in [0.5, 0.6) is 0 Å². The van der Waals surface area contributed by atoms with Gasteiger partial charge in [-0.1, -0.05) is 6.92 Å². The Labute approximate surface area is 111 Å². The maximum absolute atomic E-state index is 11.3. The number of imide groups is 1. The van der Waals surface area contributed by atoms with E-state index < -0.39 is 17.9 Å². The number of urea groups is 1. The average molecular weight is 276 g/mol. The van der Waals surface area contributed by atoms with Crippen molar-refractivity contribution in [1.29, 1.82) is 0 Å². The molecule has 0 saturated carbocycles. The van der Waals surface area contributed by atoms with Gasteiger partial charge >= 0.3 is 12.0 Å². The molecule has 104 valence electrons. The van der Waals surface area contributed by atoms with E-state index in [1.165, 1.54) is 0 Å². The van der Waals surface area contributed by atoms with Gasteiger partial charge in [0.1, 0.15) is 0 Å². The predicted molar refractivity (Wildman–Crippen MR) is 70.6 cm³/mol. The lowest BCUT2D eigenvalue weighted by molar-refractivity contribution is -0.138. The van der Waals surface area contributed by atoms with Gasteiger partial charge in [0.05, 0.1) is 6.42 Å². The van der Waals surface area contributed by atoms with Crippen LogP contribution in [-0.2, 0) is 9.59 Å². The summed E-state index contributed by atoms with van der Waals surface area (Å²) < 4.78 is 0. The van der Waals surface area contributed by atoms with Crippen molar-refractivity contribution in [3.63, 3.8) is 0 Å². The molecule has 3 N–H and O–H groups in total. The molecule has 7 heteroatoms. The van der Waals surface area contributed by atoms with Crippen LogP contribution in [0.4, 0.5) is 4.79 Å². The Morgan fingerprint density at radius 2 is 1.94 bits per heavy atom. The van der Waals surface area contributed by atoms with Gasteiger partial charge in [-0.25, -0.2) is 4.79 Å². The van der Waals surface area contributed by atoms with Crippen LogP contribution in [0.2, 0.25) is 0 Å². The highest BCUT2D eigenvalue weighted by atomic mass is 32.2. The van der Waals surface area contributed by atoms with E-state index in [4.69, 9.17) is 5.11 Å². The van der Waals surface area contributed by atoms with Crippen LogP contribution in [0.3, 0.4) is 0 Å². The molecule has 0 spiro atoms. The lowest BCUT2D eigenvalue weighted by Crippen LogP contribution is -2.43. The number of amides is 3. The molecule has 18 heavy (non-hydrogen) atoms. The van der Waals surface area contributed by atoms with Crippen LogP contribution < -0.4 is 10.6 Å². The zero-order valence-corrected chi connectivity index (χ0v) is 11.5. The number of carboxylic acids is 1. The number of carbonyl (C=O) groups is 3. The largest absolute Gasteiger partial charge is 0.481 e. The molecule has 0 fully saturated rings. The second-order valence-corrected chi connectivity index (χ2v) is 5.20. The lowest BCUT2D eigenvalue weighted by atomic mass is 10.2. The number of rotatable bonds is 8. The Morgan fingerprint density at radius 1 is 1.28 bits per heavy atom. The van der Waals surface area contributed by atoms with E-state index in [1.807, 2.05) is 6.92 Å². The highest BCUT2D eigenvalue weighted by molar-refractivity contribution is 7.99. The number of hydrogen-bond donors (Lipinski definition) is 3. The van der Waals surface area contributed by atoms with Crippen LogP contribution >= 0.6 is 11.8 Å². The monoisotopic (exact) mass is 276 g/mol. The van der Waals surface area contributed by atoms with Crippen molar-refractivity contribution in [3.8, 4) is 0 Å². The zero-order chi connectivity index (χ0) is 14.0. The van der Waals surface area contributed by atoms with E-state index in [2.05, 4.69) is 17.6 Å². The Morgan fingerprint density at radius 3 is 2.50 bits per heavy atom. The van der Waals surface area contributed by atoms with E-state index in [0.29, 0.717) is 0 Å². The summed E-state index contributed by atoms with van der Waals surface area (Å²) in [7, 11) is 0. The quantitative estimate of drug-likeness (QED) is 0.579. The molecule has 0 radical (unpaired) electrons. The summed E-state index contributed by atoms with van der Waals surface area (Å²) in [6.45, 7) is 3.92. The van der Waals surface area contributed by atoms with Gasteiger partial charge in [-0.15, -0.1) is 0 Å². The predicted octanol–water partition coefficient (Wildman–Crippen LogP) is 1.21. The third-order valence-corrected chi connectivity index (χ3v) is 3.03. The summed E-state index contributed by atoms with van der Waals surface area (Å²) in [4.78, 5) is 32.7. The summed E-state index contributed by atoms with van der Waals surface area (Å²) in [6.07, 6.45) is 0.361. The van der Waals surface area contributed by atoms with Gasteiger partial charge in [0.2, 0.25) is 5.91 Å². The third kappa shape index (κ3) is 9.95. The highest BCUT2D eigenvalue weighted by Crippen LogP contribution is 2.03. The van der Waals surface area contributed by atoms with Gasteiger partial charge in [-0.05, 0) is 24.9 Å². The minimum absolute atomic E-state index is 0.0173. The van der Waals surface area contributed by atoms with Gasteiger partial charge in [0.15, 0.2) is 0 Å². The number of nitrogens with one attached hydrogen (secondary N) is 2. The first-order valence-corrected chi connectivity index (χ1v) is 7.01. The molecular formula is C11H20N2O4S. The number of hydrogen-bond acceptors (Lipinski definition) is 4. The van der Waals surface area contributed by atoms with Crippen molar-refractivity contribution in [2.24, 2.45) is 0 Å². The smallest absolute Gasteiger partial charge is 0.321 e. The van der Waals surface area contributed by atoms with Crippen molar-refractivity contribution in [3.05, 3.63) is 0 Å². The Kier molecular flexibility index (Phi) is 9.08. The summed E-state index contributed by atoms with van der Waals surface area (Å²) in [5.74, 6) is 0.345. The molecule has 1 atom stereocenters. The van der Waals surface area contributed by atoms with E-state index in [0.717, 1.165) is 17.9 Å². The van der Waals surface area contributed by atoms with E-state index in [1.54, 1.807) is 11.8 Å². The van der Waals surface area contributed by atoms with Crippen LogP contribution in [0.1, 0.15) is 33.1 Å². The first-order valence-electron chi connectivity index (χ1n) is 5.85. The molecule has 1 unspecified atom stereocenters. The van der Waals surface area contributed by atoms with Gasteiger partial charge in [-0.3, -0.25) is 14.9 Å². The molecule has 6 nitrogen and oxygen atoms in total. The summed E-state index contributed by atoms with van der Waals surface area (Å²) >= 11 is 1.78. The topological polar surface area (TPSA) is 95.5 Å². The molecule has 0 saturated heterocycles. The second kappa shape index (κ2) is 9.76. The number of carbonyl (C=O) groups excluding carboxylic acids is 2. The maximum Gasteiger partial charge on any atom is 0.321 e. The molecule has 3 amide bonds. The molecule has 0 bridgehead atoms. The van der Waals surface area contributed by atoms with E-state index in [-0.39, 0.29) is 18.9 Å². The molecule has 0 aliphatic rings. The molecule has 0 heterocycles. The maximum atomic E-state index is 11.3. The van der Waals surface area contributed by atoms with Gasteiger partial charge in [0, 0.05) is 12.5 Å². The Hall–Kier alpha value is -1.24. The molecule has 0 aromatic carbocycles. The van der Waals surface area contributed by atoms with Crippen molar-refractivity contribution < 1.29 is 19.5 Å². The SMILES string of the molecule is CCSCCC(C)NC(=O)NC(=O)CCC(=O)O. The minimum Gasteiger partial charge on any atom is -0.481 e. The lowest BCUT2D eigenvalue weighted by Gasteiger charge is -2.13. The number of aliphatic carboxylic acids is 1. The van der Waals surface area contributed by atoms with Crippen LogP contribution in [0.25, 0.3) is 0 Å². The Balaban J connectivity index is 3.74. The van der Waals surface area contributed by atoms with Crippen molar-refractivity contribution in [1.82, 2.24) is 10.6 Å². The fraction of sp³-hybridized carbons (Fsp3) is 0.727. The standard InChI is InChI=1S/C11H20N2O4S/c1-3-18-7-6-8(2)12-11(17)13-9(14)4-5-10(15)16/h8H,3-7H2,1-2H3,(H,15,16)(H2,12,13,14,17). The molecule has 0 aromatic heterocycles. The van der Waals surface area contributed by atoms with Crippen LogP contribution in [0.15, 0.2) is 0 Å². The number of thioether (sulfide) groups is 1.